The van der Waals surface area contributed by atoms with Gasteiger partial charge in [0.1, 0.15) is 18.1 Å². The van der Waals surface area contributed by atoms with E-state index in [1.165, 1.54) is 9.58 Å². The molecule has 1 saturated heterocycles. The van der Waals surface area contributed by atoms with Crippen molar-refractivity contribution in [3.05, 3.63) is 72.1 Å². The topological polar surface area (TPSA) is 143 Å². The molecule has 4 unspecified atom stereocenters. The van der Waals surface area contributed by atoms with Crippen molar-refractivity contribution in [3.8, 4) is 11.1 Å². The average molecular weight is 519 g/mol. The van der Waals surface area contributed by atoms with Crippen molar-refractivity contribution in [2.45, 2.75) is 57.8 Å². The van der Waals surface area contributed by atoms with E-state index in [9.17, 15) is 19.5 Å². The molecule has 0 spiro atoms. The van der Waals surface area contributed by atoms with Crippen LogP contribution in [0.25, 0.3) is 11.1 Å². The summed E-state index contributed by atoms with van der Waals surface area (Å²) in [6.07, 6.45) is 0.967. The molecule has 1 aliphatic heterocycles. The molecule has 10 nitrogen and oxygen atoms in total. The predicted octanol–water partition coefficient (Wildman–Crippen LogP) is 1.63. The largest absolute Gasteiger partial charge is 0.391 e. The van der Waals surface area contributed by atoms with E-state index in [2.05, 4.69) is 15.6 Å². The van der Waals surface area contributed by atoms with Gasteiger partial charge in [-0.25, -0.2) is 4.68 Å². The molecule has 38 heavy (non-hydrogen) atoms. The summed E-state index contributed by atoms with van der Waals surface area (Å²) in [5.41, 5.74) is 9.29. The Labute approximate surface area is 221 Å². The molecule has 4 N–H and O–H groups in total. The van der Waals surface area contributed by atoms with Crippen LogP contribution in [0.3, 0.4) is 0 Å². The van der Waals surface area contributed by atoms with Gasteiger partial charge in [-0.3, -0.25) is 14.4 Å². The number of hydrogen-bond donors (Lipinski definition) is 3. The Morgan fingerprint density at radius 1 is 1.08 bits per heavy atom. The van der Waals surface area contributed by atoms with Crippen LogP contribution in [0.2, 0.25) is 0 Å². The van der Waals surface area contributed by atoms with E-state index >= 15 is 0 Å². The average Bonchev–Trinajstić information content (AvgIpc) is 3.49. The fourth-order valence-corrected chi connectivity index (χ4v) is 4.91. The maximum absolute atomic E-state index is 13.6. The highest BCUT2D eigenvalue weighted by Crippen LogP contribution is 2.27. The standard InChI is InChI=1S/C28H34N6O4/c1-17(2)25(34-18(3)15-30-32-34)28(38)33-16-22(35)14-24(33)27(37)31-23(26(29)36)13-19-9-11-21(12-10-19)20-7-5-4-6-8-20/h4-12,15,17,22-25,35H,13-14,16H2,1-3H3,(H2,29,36)(H,31,37). The summed E-state index contributed by atoms with van der Waals surface area (Å²) in [4.78, 5) is 40.6. The lowest BCUT2D eigenvalue weighted by Crippen LogP contribution is -2.54. The van der Waals surface area contributed by atoms with Crippen LogP contribution in [0.15, 0.2) is 60.8 Å². The van der Waals surface area contributed by atoms with E-state index in [1.807, 2.05) is 68.4 Å². The quantitative estimate of drug-likeness (QED) is 0.393. The first-order valence-corrected chi connectivity index (χ1v) is 12.7. The Hall–Kier alpha value is -4.05. The molecular formula is C28H34N6O4. The number of aromatic nitrogens is 3. The number of carbonyl (C=O) groups excluding carboxylic acids is 3. The van der Waals surface area contributed by atoms with Crippen LogP contribution < -0.4 is 11.1 Å². The maximum Gasteiger partial charge on any atom is 0.248 e. The summed E-state index contributed by atoms with van der Waals surface area (Å²) < 4.78 is 1.54. The van der Waals surface area contributed by atoms with E-state index in [4.69, 9.17) is 5.73 Å². The molecule has 2 aromatic carbocycles. The Bertz CT molecular complexity index is 1270. The molecule has 0 aliphatic carbocycles. The number of nitrogens with two attached hydrogens (primary N) is 1. The number of nitrogens with one attached hydrogen (secondary N) is 1. The van der Waals surface area contributed by atoms with Gasteiger partial charge in [-0.2, -0.15) is 0 Å². The highest BCUT2D eigenvalue weighted by Gasteiger charge is 2.43. The molecule has 10 heteroatoms. The minimum atomic E-state index is -0.974. The van der Waals surface area contributed by atoms with E-state index in [1.54, 1.807) is 13.1 Å². The van der Waals surface area contributed by atoms with Crippen molar-refractivity contribution in [3.63, 3.8) is 0 Å². The third-order valence-electron chi connectivity index (χ3n) is 6.93. The van der Waals surface area contributed by atoms with Gasteiger partial charge in [0.15, 0.2) is 0 Å². The third kappa shape index (κ3) is 5.91. The highest BCUT2D eigenvalue weighted by molar-refractivity contribution is 5.93. The van der Waals surface area contributed by atoms with Gasteiger partial charge in [0.25, 0.3) is 0 Å². The summed E-state index contributed by atoms with van der Waals surface area (Å²) in [6, 6.07) is 15.0. The molecule has 3 amide bonds. The van der Waals surface area contributed by atoms with Crippen LogP contribution in [-0.4, -0.2) is 67.5 Å². The van der Waals surface area contributed by atoms with Crippen molar-refractivity contribution < 1.29 is 19.5 Å². The molecule has 1 fully saturated rings. The number of aryl methyl sites for hydroxylation is 1. The lowest BCUT2D eigenvalue weighted by molar-refractivity contribution is -0.143. The third-order valence-corrected chi connectivity index (χ3v) is 6.93. The van der Waals surface area contributed by atoms with Crippen LogP contribution in [0.1, 0.15) is 37.6 Å². The van der Waals surface area contributed by atoms with Crippen molar-refractivity contribution >= 4 is 17.7 Å². The van der Waals surface area contributed by atoms with Crippen molar-refractivity contribution in [1.29, 1.82) is 0 Å². The summed E-state index contributed by atoms with van der Waals surface area (Å²) in [7, 11) is 0. The zero-order valence-corrected chi connectivity index (χ0v) is 21.8. The summed E-state index contributed by atoms with van der Waals surface area (Å²) >= 11 is 0. The Balaban J connectivity index is 1.48. The van der Waals surface area contributed by atoms with Crippen LogP contribution in [-0.2, 0) is 20.8 Å². The lowest BCUT2D eigenvalue weighted by atomic mass is 10.00. The van der Waals surface area contributed by atoms with E-state index < -0.39 is 36.0 Å². The minimum Gasteiger partial charge on any atom is -0.391 e. The van der Waals surface area contributed by atoms with Gasteiger partial charge in [-0.05, 0) is 29.5 Å². The zero-order valence-electron chi connectivity index (χ0n) is 21.8. The lowest BCUT2D eigenvalue weighted by Gasteiger charge is -2.30. The second-order valence-electron chi connectivity index (χ2n) is 10.1. The summed E-state index contributed by atoms with van der Waals surface area (Å²) in [5, 5.41) is 21.0. The van der Waals surface area contributed by atoms with Crippen molar-refractivity contribution in [1.82, 2.24) is 25.2 Å². The number of aliphatic hydroxyl groups excluding tert-OH is 1. The first kappa shape index (κ1) is 27.0. The highest BCUT2D eigenvalue weighted by atomic mass is 16.3. The molecule has 0 bridgehead atoms. The monoisotopic (exact) mass is 518 g/mol. The zero-order chi connectivity index (χ0) is 27.4. The molecule has 4 atom stereocenters. The van der Waals surface area contributed by atoms with Gasteiger partial charge in [0.05, 0.1) is 18.0 Å². The van der Waals surface area contributed by atoms with Gasteiger partial charge < -0.3 is 21.1 Å². The normalized spacial score (nSPS) is 18.8. The van der Waals surface area contributed by atoms with Crippen molar-refractivity contribution in [2.75, 3.05) is 6.54 Å². The second-order valence-corrected chi connectivity index (χ2v) is 10.1. The molecule has 0 saturated carbocycles. The van der Waals surface area contributed by atoms with Gasteiger partial charge in [0, 0.05) is 19.4 Å². The van der Waals surface area contributed by atoms with E-state index in [0.717, 1.165) is 16.7 Å². The number of carbonyl (C=O) groups is 3. The number of β-amino-alcohol motifs (C(OH)–C–C–N with tert-alkyl or cyclic N) is 1. The molecule has 1 aliphatic rings. The number of hydrogen-bond acceptors (Lipinski definition) is 6. The van der Waals surface area contributed by atoms with Crippen LogP contribution >= 0.6 is 0 Å². The fraction of sp³-hybridized carbons (Fsp3) is 0.393. The number of aliphatic hydroxyl groups is 1. The second kappa shape index (κ2) is 11.6. The van der Waals surface area contributed by atoms with Crippen LogP contribution in [0.5, 0.6) is 0 Å². The molecule has 0 radical (unpaired) electrons. The van der Waals surface area contributed by atoms with Crippen LogP contribution in [0, 0.1) is 12.8 Å². The van der Waals surface area contributed by atoms with Gasteiger partial charge >= 0.3 is 0 Å². The Morgan fingerprint density at radius 2 is 1.74 bits per heavy atom. The number of likely N-dealkylation sites (tertiary alicyclic amines) is 1. The summed E-state index contributed by atoms with van der Waals surface area (Å²) in [6.45, 7) is 5.58. The van der Waals surface area contributed by atoms with E-state index in [0.29, 0.717) is 5.69 Å². The maximum atomic E-state index is 13.6. The number of nitrogens with zero attached hydrogens (tertiary/aromatic N) is 4. The molecule has 2 heterocycles. The summed E-state index contributed by atoms with van der Waals surface area (Å²) in [5.74, 6) is -1.68. The first-order chi connectivity index (χ1) is 18.2. The molecule has 200 valence electrons. The smallest absolute Gasteiger partial charge is 0.248 e. The minimum absolute atomic E-state index is 0.00999. The van der Waals surface area contributed by atoms with Gasteiger partial charge in [-0.1, -0.05) is 73.7 Å². The van der Waals surface area contributed by atoms with Gasteiger partial charge in [-0.15, -0.1) is 5.10 Å². The van der Waals surface area contributed by atoms with E-state index in [-0.39, 0.29) is 31.2 Å². The molecular weight excluding hydrogens is 484 g/mol. The Morgan fingerprint density at radius 3 is 2.32 bits per heavy atom. The number of amides is 3. The fourth-order valence-electron chi connectivity index (χ4n) is 4.91. The molecule has 4 rings (SSSR count). The predicted molar refractivity (Wildman–Crippen MR) is 141 cm³/mol. The number of rotatable bonds is 9. The first-order valence-electron chi connectivity index (χ1n) is 12.7. The van der Waals surface area contributed by atoms with Gasteiger partial charge in [0.2, 0.25) is 17.7 Å². The van der Waals surface area contributed by atoms with Crippen LogP contribution in [0.4, 0.5) is 0 Å². The number of benzene rings is 2. The molecule has 3 aromatic rings. The SMILES string of the molecule is Cc1cnnn1C(C(=O)N1CC(O)CC1C(=O)NC(Cc1ccc(-c2ccccc2)cc1)C(N)=O)C(C)C. The van der Waals surface area contributed by atoms with Crippen molar-refractivity contribution in [2.24, 2.45) is 11.7 Å². The Kier molecular flexibility index (Phi) is 8.21. The molecule has 1 aromatic heterocycles. The number of primary amides is 1.